The molecule has 0 aliphatic rings. The molecule has 0 heterocycles. The molecule has 0 amide bonds. The van der Waals surface area contributed by atoms with Crippen LogP contribution in [-0.2, 0) is 0 Å². The van der Waals surface area contributed by atoms with E-state index in [1.807, 2.05) is 31.0 Å². The van der Waals surface area contributed by atoms with Crippen molar-refractivity contribution in [3.05, 3.63) is 28.8 Å². The van der Waals surface area contributed by atoms with Gasteiger partial charge in [-0.05, 0) is 44.5 Å². The van der Waals surface area contributed by atoms with Crippen molar-refractivity contribution < 1.29 is 5.11 Å². The highest BCUT2D eigenvalue weighted by Gasteiger charge is 2.14. The molecule has 0 radical (unpaired) electrons. The number of aliphatic hydroxyl groups excluding tert-OH is 1. The van der Waals surface area contributed by atoms with Crippen LogP contribution < -0.4 is 10.2 Å². The van der Waals surface area contributed by atoms with Gasteiger partial charge in [0.15, 0.2) is 0 Å². The normalized spacial score (nSPS) is 14.2. The van der Waals surface area contributed by atoms with E-state index in [9.17, 15) is 5.11 Å². The second-order valence-electron chi connectivity index (χ2n) is 5.03. The standard InChI is InChI=1S/C15H25ClN2O/c1-5-8-17-12(3)13-6-7-15(14(16)9-13)18(4)11(2)10-19/h6-7,9,11-12,17,19H,5,8,10H2,1-4H3. The van der Waals surface area contributed by atoms with Gasteiger partial charge in [0, 0.05) is 19.1 Å². The van der Waals surface area contributed by atoms with E-state index >= 15 is 0 Å². The highest BCUT2D eigenvalue weighted by atomic mass is 35.5. The fourth-order valence-corrected chi connectivity index (χ4v) is 2.24. The lowest BCUT2D eigenvalue weighted by molar-refractivity contribution is 0.270. The van der Waals surface area contributed by atoms with E-state index < -0.39 is 0 Å². The fourth-order valence-electron chi connectivity index (χ4n) is 1.92. The monoisotopic (exact) mass is 284 g/mol. The van der Waals surface area contributed by atoms with Gasteiger partial charge in [0.25, 0.3) is 0 Å². The van der Waals surface area contributed by atoms with Gasteiger partial charge in [-0.15, -0.1) is 0 Å². The second-order valence-corrected chi connectivity index (χ2v) is 5.44. The summed E-state index contributed by atoms with van der Waals surface area (Å²) in [6, 6.07) is 6.47. The molecular weight excluding hydrogens is 260 g/mol. The molecule has 2 unspecified atom stereocenters. The van der Waals surface area contributed by atoms with Crippen molar-refractivity contribution in [3.63, 3.8) is 0 Å². The lowest BCUT2D eigenvalue weighted by Crippen LogP contribution is -2.32. The molecule has 0 spiro atoms. The molecule has 0 aromatic heterocycles. The molecule has 0 bridgehead atoms. The summed E-state index contributed by atoms with van der Waals surface area (Å²) in [5.74, 6) is 0. The van der Waals surface area contributed by atoms with E-state index in [1.54, 1.807) is 0 Å². The van der Waals surface area contributed by atoms with Crippen LogP contribution in [0.3, 0.4) is 0 Å². The average Bonchev–Trinajstić information content (AvgIpc) is 2.42. The van der Waals surface area contributed by atoms with E-state index in [1.165, 1.54) is 5.56 Å². The first-order chi connectivity index (χ1) is 9.01. The van der Waals surface area contributed by atoms with Crippen molar-refractivity contribution in [2.45, 2.75) is 39.3 Å². The highest BCUT2D eigenvalue weighted by molar-refractivity contribution is 6.33. The maximum Gasteiger partial charge on any atom is 0.0642 e. The first-order valence-electron chi connectivity index (χ1n) is 6.87. The molecule has 0 aliphatic heterocycles. The molecule has 0 aliphatic carbocycles. The van der Waals surface area contributed by atoms with Gasteiger partial charge in [0.05, 0.1) is 17.3 Å². The molecule has 3 nitrogen and oxygen atoms in total. The maximum absolute atomic E-state index is 9.20. The zero-order valence-electron chi connectivity index (χ0n) is 12.3. The van der Waals surface area contributed by atoms with Gasteiger partial charge < -0.3 is 15.3 Å². The minimum Gasteiger partial charge on any atom is -0.394 e. The summed E-state index contributed by atoms with van der Waals surface area (Å²) in [6.45, 7) is 7.38. The Labute approximate surface area is 121 Å². The van der Waals surface area contributed by atoms with Gasteiger partial charge in [-0.2, -0.15) is 0 Å². The third-order valence-electron chi connectivity index (χ3n) is 3.48. The number of halogens is 1. The summed E-state index contributed by atoms with van der Waals surface area (Å²) >= 11 is 6.35. The summed E-state index contributed by atoms with van der Waals surface area (Å²) in [5.41, 5.74) is 2.14. The van der Waals surface area contributed by atoms with E-state index in [0.717, 1.165) is 23.7 Å². The van der Waals surface area contributed by atoms with Crippen molar-refractivity contribution in [1.82, 2.24) is 5.32 Å². The number of aliphatic hydroxyl groups is 1. The number of nitrogens with one attached hydrogen (secondary N) is 1. The predicted octanol–water partition coefficient (Wildman–Crippen LogP) is 3.22. The van der Waals surface area contributed by atoms with Gasteiger partial charge >= 0.3 is 0 Å². The van der Waals surface area contributed by atoms with Crippen molar-refractivity contribution in [2.75, 3.05) is 25.1 Å². The molecule has 0 fully saturated rings. The largest absolute Gasteiger partial charge is 0.394 e. The minimum atomic E-state index is 0.0546. The first-order valence-corrected chi connectivity index (χ1v) is 7.25. The van der Waals surface area contributed by atoms with Crippen LogP contribution in [0.2, 0.25) is 5.02 Å². The van der Waals surface area contributed by atoms with Crippen LogP contribution >= 0.6 is 11.6 Å². The number of likely N-dealkylation sites (N-methyl/N-ethyl adjacent to an activating group) is 1. The zero-order valence-corrected chi connectivity index (χ0v) is 13.0. The third-order valence-corrected chi connectivity index (χ3v) is 3.78. The third kappa shape index (κ3) is 4.37. The molecule has 108 valence electrons. The van der Waals surface area contributed by atoms with Gasteiger partial charge in [-0.3, -0.25) is 0 Å². The summed E-state index contributed by atoms with van der Waals surface area (Å²) in [4.78, 5) is 2.00. The summed E-state index contributed by atoms with van der Waals surface area (Å²) < 4.78 is 0. The Balaban J connectivity index is 2.85. The van der Waals surface area contributed by atoms with Crippen LogP contribution in [0.4, 0.5) is 5.69 Å². The average molecular weight is 285 g/mol. The first kappa shape index (κ1) is 16.3. The van der Waals surface area contributed by atoms with Crippen LogP contribution in [-0.4, -0.2) is 31.3 Å². The fraction of sp³-hybridized carbons (Fsp3) is 0.600. The Kier molecular flexibility index (Phi) is 6.63. The van der Waals surface area contributed by atoms with Crippen LogP contribution in [0.25, 0.3) is 0 Å². The Morgan fingerprint density at radius 3 is 2.58 bits per heavy atom. The molecular formula is C15H25ClN2O. The van der Waals surface area contributed by atoms with E-state index in [0.29, 0.717) is 6.04 Å². The Hall–Kier alpha value is -0.770. The van der Waals surface area contributed by atoms with E-state index in [-0.39, 0.29) is 12.6 Å². The van der Waals surface area contributed by atoms with Crippen molar-refractivity contribution in [3.8, 4) is 0 Å². The molecule has 2 atom stereocenters. The van der Waals surface area contributed by atoms with Crippen LogP contribution in [0.15, 0.2) is 18.2 Å². The SMILES string of the molecule is CCCNC(C)c1ccc(N(C)C(C)CO)c(Cl)c1. The molecule has 1 aromatic rings. The van der Waals surface area contributed by atoms with Gasteiger partial charge in [-0.1, -0.05) is 24.6 Å². The Morgan fingerprint density at radius 2 is 2.05 bits per heavy atom. The number of rotatable bonds is 7. The quantitative estimate of drug-likeness (QED) is 0.807. The molecule has 1 aromatic carbocycles. The Bertz CT molecular complexity index is 398. The molecule has 4 heteroatoms. The van der Waals surface area contributed by atoms with E-state index in [4.69, 9.17) is 11.6 Å². The van der Waals surface area contributed by atoms with Gasteiger partial charge in [-0.25, -0.2) is 0 Å². The summed E-state index contributed by atoms with van der Waals surface area (Å²) in [5, 5.41) is 13.4. The molecule has 1 rings (SSSR count). The van der Waals surface area contributed by atoms with Crippen molar-refractivity contribution >= 4 is 17.3 Å². The van der Waals surface area contributed by atoms with Crippen molar-refractivity contribution in [1.29, 1.82) is 0 Å². The smallest absolute Gasteiger partial charge is 0.0642 e. The van der Waals surface area contributed by atoms with Crippen molar-refractivity contribution in [2.24, 2.45) is 0 Å². The molecule has 2 N–H and O–H groups in total. The van der Waals surface area contributed by atoms with E-state index in [2.05, 4.69) is 25.2 Å². The molecule has 0 saturated heterocycles. The molecule has 0 saturated carbocycles. The lowest BCUT2D eigenvalue weighted by atomic mass is 10.1. The number of benzene rings is 1. The number of hydrogen-bond donors (Lipinski definition) is 2. The second kappa shape index (κ2) is 7.73. The maximum atomic E-state index is 9.20. The van der Waals surface area contributed by atoms with Gasteiger partial charge in [0.2, 0.25) is 0 Å². The summed E-state index contributed by atoms with van der Waals surface area (Å²) in [7, 11) is 1.94. The minimum absolute atomic E-state index is 0.0546. The van der Waals surface area contributed by atoms with Gasteiger partial charge in [0.1, 0.15) is 0 Å². The Morgan fingerprint density at radius 1 is 1.37 bits per heavy atom. The number of nitrogens with zero attached hydrogens (tertiary/aromatic N) is 1. The molecule has 19 heavy (non-hydrogen) atoms. The topological polar surface area (TPSA) is 35.5 Å². The lowest BCUT2D eigenvalue weighted by Gasteiger charge is -2.27. The number of anilines is 1. The van der Waals surface area contributed by atoms with Crippen LogP contribution in [0, 0.1) is 0 Å². The predicted molar refractivity (Wildman–Crippen MR) is 83.1 cm³/mol. The summed E-state index contributed by atoms with van der Waals surface area (Å²) in [6.07, 6.45) is 1.12. The van der Waals surface area contributed by atoms with Crippen LogP contribution in [0.5, 0.6) is 0 Å². The van der Waals surface area contributed by atoms with Crippen LogP contribution in [0.1, 0.15) is 38.8 Å². The highest BCUT2D eigenvalue weighted by Crippen LogP contribution is 2.29. The number of hydrogen-bond acceptors (Lipinski definition) is 3. The zero-order chi connectivity index (χ0) is 14.4.